The molecule has 0 saturated carbocycles. The van der Waals surface area contributed by atoms with Crippen LogP contribution in [0, 0.1) is 0 Å². The van der Waals surface area contributed by atoms with E-state index in [1.807, 2.05) is 0 Å². The van der Waals surface area contributed by atoms with Crippen molar-refractivity contribution in [3.63, 3.8) is 0 Å². The van der Waals surface area contributed by atoms with E-state index in [4.69, 9.17) is 15.2 Å². The third-order valence-electron chi connectivity index (χ3n) is 1.68. The predicted octanol–water partition coefficient (Wildman–Crippen LogP) is 0.997. The molecular weight excluding hydrogens is 210 g/mol. The van der Waals surface area contributed by atoms with Crippen molar-refractivity contribution < 1.29 is 19.1 Å². The lowest BCUT2D eigenvalue weighted by Crippen LogP contribution is -2.34. The Hall–Kier alpha value is -1.10. The maximum Gasteiger partial charge on any atom is 0.323 e. The van der Waals surface area contributed by atoms with Crippen LogP contribution in [-0.2, 0) is 19.1 Å². The molecule has 5 nitrogen and oxygen atoms in total. The summed E-state index contributed by atoms with van der Waals surface area (Å²) in [6.07, 6.45) is 0.0383. The van der Waals surface area contributed by atoms with Crippen molar-refractivity contribution in [3.05, 3.63) is 0 Å². The number of ether oxygens (including phenoxy) is 2. The molecule has 0 radical (unpaired) electrons. The van der Waals surface area contributed by atoms with Gasteiger partial charge in [-0.05, 0) is 34.1 Å². The number of carbonyl (C=O) groups excluding carboxylic acids is 2. The summed E-state index contributed by atoms with van der Waals surface area (Å²) in [5.74, 6) is -0.824. The van der Waals surface area contributed by atoms with E-state index in [-0.39, 0.29) is 31.0 Å². The normalized spacial score (nSPS) is 12.7. The van der Waals surface area contributed by atoms with Gasteiger partial charge in [-0.15, -0.1) is 0 Å². The molecule has 2 N–H and O–H groups in total. The Bertz CT molecular complexity index is 238. The highest BCUT2D eigenvalue weighted by molar-refractivity contribution is 5.77. The number of esters is 2. The Morgan fingerprint density at radius 3 is 2.00 bits per heavy atom. The number of nitrogens with two attached hydrogens (primary N) is 1. The van der Waals surface area contributed by atoms with Gasteiger partial charge in [0, 0.05) is 6.42 Å². The average Bonchev–Trinajstić information content (AvgIpc) is 2.11. The molecule has 0 aromatic heterocycles. The molecule has 94 valence electrons. The molecule has 0 aliphatic carbocycles. The molecule has 0 amide bonds. The Labute approximate surface area is 96.3 Å². The van der Waals surface area contributed by atoms with E-state index in [1.165, 1.54) is 0 Å². The molecule has 0 saturated heterocycles. The molecule has 1 atom stereocenters. The number of rotatable bonds is 6. The zero-order valence-corrected chi connectivity index (χ0v) is 10.4. The lowest BCUT2D eigenvalue weighted by atomic mass is 10.2. The van der Waals surface area contributed by atoms with E-state index in [0.717, 1.165) is 0 Å². The SMILES string of the molecule is CC(C)OC(=O)CCC(N)C(=O)OC(C)C. The van der Waals surface area contributed by atoms with Crippen LogP contribution in [0.3, 0.4) is 0 Å². The van der Waals surface area contributed by atoms with Crippen molar-refractivity contribution in [2.75, 3.05) is 0 Å². The smallest absolute Gasteiger partial charge is 0.323 e. The summed E-state index contributed by atoms with van der Waals surface area (Å²) in [6.45, 7) is 7.03. The minimum absolute atomic E-state index is 0.131. The van der Waals surface area contributed by atoms with Crippen LogP contribution < -0.4 is 5.73 Å². The first-order valence-corrected chi connectivity index (χ1v) is 5.48. The van der Waals surface area contributed by atoms with E-state index in [2.05, 4.69) is 0 Å². The van der Waals surface area contributed by atoms with Crippen LogP contribution in [-0.4, -0.2) is 30.2 Å². The molecule has 0 aromatic carbocycles. The molecule has 0 aromatic rings. The molecule has 1 unspecified atom stereocenters. The maximum atomic E-state index is 11.3. The minimum Gasteiger partial charge on any atom is -0.463 e. The topological polar surface area (TPSA) is 78.6 Å². The van der Waals surface area contributed by atoms with Crippen molar-refractivity contribution in [1.82, 2.24) is 0 Å². The Balaban J connectivity index is 3.84. The summed E-state index contributed by atoms with van der Waals surface area (Å²) in [5.41, 5.74) is 5.56. The van der Waals surface area contributed by atoms with Crippen molar-refractivity contribution >= 4 is 11.9 Å². The molecule has 5 heteroatoms. The van der Waals surface area contributed by atoms with Crippen LogP contribution in [0.1, 0.15) is 40.5 Å². The summed E-state index contributed by atoms with van der Waals surface area (Å²) in [7, 11) is 0. The standard InChI is InChI=1S/C11H21NO4/c1-7(2)15-10(13)6-5-9(12)11(14)16-8(3)4/h7-9H,5-6,12H2,1-4H3. The van der Waals surface area contributed by atoms with Gasteiger partial charge in [0.1, 0.15) is 6.04 Å². The molecule has 0 aliphatic heterocycles. The maximum absolute atomic E-state index is 11.3. The van der Waals surface area contributed by atoms with Crippen LogP contribution in [0.15, 0.2) is 0 Å². The molecule has 0 fully saturated rings. The highest BCUT2D eigenvalue weighted by atomic mass is 16.5. The van der Waals surface area contributed by atoms with Gasteiger partial charge in [-0.2, -0.15) is 0 Å². The van der Waals surface area contributed by atoms with E-state index in [0.29, 0.717) is 0 Å². The van der Waals surface area contributed by atoms with E-state index >= 15 is 0 Å². The minimum atomic E-state index is -0.762. The van der Waals surface area contributed by atoms with E-state index in [9.17, 15) is 9.59 Å². The van der Waals surface area contributed by atoms with E-state index < -0.39 is 12.0 Å². The van der Waals surface area contributed by atoms with Gasteiger partial charge in [0.2, 0.25) is 0 Å². The van der Waals surface area contributed by atoms with Crippen LogP contribution in [0.4, 0.5) is 0 Å². The molecule has 0 aliphatic rings. The lowest BCUT2D eigenvalue weighted by molar-refractivity contribution is -0.150. The van der Waals surface area contributed by atoms with Gasteiger partial charge in [-0.3, -0.25) is 9.59 Å². The van der Waals surface area contributed by atoms with Crippen molar-refractivity contribution in [3.8, 4) is 0 Å². The summed E-state index contributed by atoms with van der Waals surface area (Å²) in [5, 5.41) is 0. The zero-order valence-electron chi connectivity index (χ0n) is 10.4. The number of hydrogen-bond acceptors (Lipinski definition) is 5. The largest absolute Gasteiger partial charge is 0.463 e. The summed E-state index contributed by atoms with van der Waals surface area (Å²) < 4.78 is 9.82. The summed E-state index contributed by atoms with van der Waals surface area (Å²) in [6, 6.07) is -0.762. The van der Waals surface area contributed by atoms with Gasteiger partial charge in [0.25, 0.3) is 0 Å². The second-order valence-corrected chi connectivity index (χ2v) is 4.17. The lowest BCUT2D eigenvalue weighted by Gasteiger charge is -2.14. The molecule has 0 spiro atoms. The molecule has 16 heavy (non-hydrogen) atoms. The third kappa shape index (κ3) is 7.23. The second kappa shape index (κ2) is 7.22. The monoisotopic (exact) mass is 231 g/mol. The van der Waals surface area contributed by atoms with Crippen LogP contribution >= 0.6 is 0 Å². The van der Waals surface area contributed by atoms with Gasteiger partial charge in [0.15, 0.2) is 0 Å². The molecular formula is C11H21NO4. The third-order valence-corrected chi connectivity index (χ3v) is 1.68. The van der Waals surface area contributed by atoms with Gasteiger partial charge in [-0.25, -0.2) is 0 Å². The summed E-state index contributed by atoms with van der Waals surface area (Å²) in [4.78, 5) is 22.5. The molecule has 0 heterocycles. The Morgan fingerprint density at radius 2 is 1.56 bits per heavy atom. The fourth-order valence-corrected chi connectivity index (χ4v) is 1.03. The summed E-state index contributed by atoms with van der Waals surface area (Å²) >= 11 is 0. The fraction of sp³-hybridized carbons (Fsp3) is 0.818. The van der Waals surface area contributed by atoms with E-state index in [1.54, 1.807) is 27.7 Å². The van der Waals surface area contributed by atoms with Gasteiger partial charge < -0.3 is 15.2 Å². The van der Waals surface area contributed by atoms with Gasteiger partial charge >= 0.3 is 11.9 Å². The van der Waals surface area contributed by atoms with Crippen LogP contribution in [0.2, 0.25) is 0 Å². The van der Waals surface area contributed by atoms with Gasteiger partial charge in [-0.1, -0.05) is 0 Å². The molecule has 0 rings (SSSR count). The van der Waals surface area contributed by atoms with Crippen molar-refractivity contribution in [1.29, 1.82) is 0 Å². The Morgan fingerprint density at radius 1 is 1.06 bits per heavy atom. The highest BCUT2D eigenvalue weighted by Gasteiger charge is 2.18. The number of carbonyl (C=O) groups is 2. The van der Waals surface area contributed by atoms with Crippen LogP contribution in [0.25, 0.3) is 0 Å². The average molecular weight is 231 g/mol. The van der Waals surface area contributed by atoms with Crippen LogP contribution in [0.5, 0.6) is 0 Å². The number of hydrogen-bond donors (Lipinski definition) is 1. The first-order chi connectivity index (χ1) is 7.32. The first-order valence-electron chi connectivity index (χ1n) is 5.48. The van der Waals surface area contributed by atoms with Gasteiger partial charge in [0.05, 0.1) is 12.2 Å². The van der Waals surface area contributed by atoms with Crippen molar-refractivity contribution in [2.24, 2.45) is 5.73 Å². The Kier molecular flexibility index (Phi) is 6.72. The molecule has 0 bridgehead atoms. The van der Waals surface area contributed by atoms with Crippen molar-refractivity contribution in [2.45, 2.75) is 58.8 Å². The highest BCUT2D eigenvalue weighted by Crippen LogP contribution is 2.02. The fourth-order valence-electron chi connectivity index (χ4n) is 1.03. The zero-order chi connectivity index (χ0) is 12.7. The first kappa shape index (κ1) is 14.9. The predicted molar refractivity (Wildman–Crippen MR) is 59.7 cm³/mol. The quantitative estimate of drug-likeness (QED) is 0.690. The second-order valence-electron chi connectivity index (χ2n) is 4.17.